The molecule has 0 aromatic heterocycles. The van der Waals surface area contributed by atoms with Crippen LogP contribution in [0.5, 0.6) is 0 Å². The van der Waals surface area contributed by atoms with Gasteiger partial charge in [0.05, 0.1) is 29.1 Å². The number of amides is 1. The van der Waals surface area contributed by atoms with Crippen molar-refractivity contribution < 1.29 is 14.3 Å². The van der Waals surface area contributed by atoms with Crippen LogP contribution >= 0.6 is 0 Å². The molecule has 0 fully saturated rings. The Morgan fingerprint density at radius 3 is 2.42 bits per heavy atom. The maximum absolute atomic E-state index is 13.2. The third-order valence-electron chi connectivity index (χ3n) is 6.08. The van der Waals surface area contributed by atoms with E-state index in [9.17, 15) is 9.59 Å². The van der Waals surface area contributed by atoms with Crippen molar-refractivity contribution in [2.45, 2.75) is 19.4 Å². The second-order valence-electron chi connectivity index (χ2n) is 9.00. The summed E-state index contributed by atoms with van der Waals surface area (Å²) in [6.45, 7) is 2.96. The van der Waals surface area contributed by atoms with E-state index in [0.717, 1.165) is 35.3 Å². The SMILES string of the molecule is CCOC(=O)c1ccc2c(c1)NC(=O)/C2=C(\Nc1ccc(C(N)CCN(C)C)cc1)c1ccccc1. The summed E-state index contributed by atoms with van der Waals surface area (Å²) in [5.74, 6) is -0.656. The number of carbonyl (C=O) groups is 2. The number of nitrogens with zero attached hydrogens (tertiary/aromatic N) is 1. The van der Waals surface area contributed by atoms with Crippen LogP contribution in [-0.2, 0) is 9.53 Å². The molecule has 3 aromatic rings. The van der Waals surface area contributed by atoms with E-state index in [1.165, 1.54) is 0 Å². The van der Waals surface area contributed by atoms with Gasteiger partial charge in [0.15, 0.2) is 0 Å². The van der Waals surface area contributed by atoms with E-state index < -0.39 is 5.97 Å². The number of esters is 1. The van der Waals surface area contributed by atoms with Crippen LogP contribution in [0.3, 0.4) is 0 Å². The fourth-order valence-electron chi connectivity index (χ4n) is 4.17. The van der Waals surface area contributed by atoms with E-state index in [1.807, 2.05) is 68.7 Å². The predicted molar refractivity (Wildman–Crippen MR) is 144 cm³/mol. The van der Waals surface area contributed by atoms with Crippen molar-refractivity contribution in [1.82, 2.24) is 4.90 Å². The van der Waals surface area contributed by atoms with Gasteiger partial charge < -0.3 is 26.0 Å². The molecule has 186 valence electrons. The molecule has 7 nitrogen and oxygen atoms in total. The van der Waals surface area contributed by atoms with Gasteiger partial charge in [0.2, 0.25) is 0 Å². The fraction of sp³-hybridized carbons (Fsp3) is 0.241. The molecular formula is C29H32N4O3. The molecule has 0 bridgehead atoms. The van der Waals surface area contributed by atoms with Crippen LogP contribution in [0.4, 0.5) is 11.4 Å². The number of hydrogen-bond donors (Lipinski definition) is 3. The molecule has 1 amide bonds. The number of carbonyl (C=O) groups excluding carboxylic acids is 2. The van der Waals surface area contributed by atoms with Crippen molar-refractivity contribution in [1.29, 1.82) is 0 Å². The topological polar surface area (TPSA) is 96.7 Å². The van der Waals surface area contributed by atoms with Crippen molar-refractivity contribution in [2.75, 3.05) is 37.9 Å². The first-order valence-electron chi connectivity index (χ1n) is 12.1. The molecule has 0 saturated carbocycles. The highest BCUT2D eigenvalue weighted by molar-refractivity contribution is 6.37. The lowest BCUT2D eigenvalue weighted by Gasteiger charge is -2.17. The fourth-order valence-corrected chi connectivity index (χ4v) is 4.17. The lowest BCUT2D eigenvalue weighted by molar-refractivity contribution is -0.110. The zero-order valence-corrected chi connectivity index (χ0v) is 20.9. The highest BCUT2D eigenvalue weighted by atomic mass is 16.5. The average molecular weight is 485 g/mol. The third-order valence-corrected chi connectivity index (χ3v) is 6.08. The van der Waals surface area contributed by atoms with Crippen molar-refractivity contribution in [3.05, 3.63) is 95.1 Å². The summed E-state index contributed by atoms with van der Waals surface area (Å²) in [6, 6.07) is 22.8. The Morgan fingerprint density at radius 1 is 1.03 bits per heavy atom. The molecule has 4 N–H and O–H groups in total. The summed E-state index contributed by atoms with van der Waals surface area (Å²) in [4.78, 5) is 27.5. The van der Waals surface area contributed by atoms with Crippen LogP contribution in [0.25, 0.3) is 11.3 Å². The van der Waals surface area contributed by atoms with E-state index in [4.69, 9.17) is 10.5 Å². The summed E-state index contributed by atoms with van der Waals surface area (Å²) in [6.07, 6.45) is 0.865. The highest BCUT2D eigenvalue weighted by Gasteiger charge is 2.29. The molecule has 1 atom stereocenters. The minimum atomic E-state index is -0.419. The molecule has 3 aromatic carbocycles. The Hall–Kier alpha value is -3.94. The quantitative estimate of drug-likeness (QED) is 0.300. The monoisotopic (exact) mass is 484 g/mol. The number of benzene rings is 3. The molecule has 36 heavy (non-hydrogen) atoms. The van der Waals surface area contributed by atoms with Crippen molar-refractivity contribution in [3.63, 3.8) is 0 Å². The number of nitrogens with one attached hydrogen (secondary N) is 2. The van der Waals surface area contributed by atoms with Gasteiger partial charge in [-0.25, -0.2) is 4.79 Å². The lowest BCUT2D eigenvalue weighted by Crippen LogP contribution is -2.20. The van der Waals surface area contributed by atoms with Crippen molar-refractivity contribution >= 4 is 34.5 Å². The molecule has 0 aliphatic carbocycles. The van der Waals surface area contributed by atoms with Gasteiger partial charge >= 0.3 is 5.97 Å². The van der Waals surface area contributed by atoms with Gasteiger partial charge in [-0.3, -0.25) is 4.79 Å². The molecular weight excluding hydrogens is 452 g/mol. The van der Waals surface area contributed by atoms with Gasteiger partial charge in [-0.15, -0.1) is 0 Å². The van der Waals surface area contributed by atoms with Gasteiger partial charge in [0.1, 0.15) is 0 Å². The molecule has 1 aliphatic rings. The molecule has 1 unspecified atom stereocenters. The first-order valence-corrected chi connectivity index (χ1v) is 12.1. The van der Waals surface area contributed by atoms with Gasteiger partial charge in [0, 0.05) is 17.3 Å². The zero-order chi connectivity index (χ0) is 25.7. The highest BCUT2D eigenvalue weighted by Crippen LogP contribution is 2.38. The van der Waals surface area contributed by atoms with Crippen LogP contribution in [0.15, 0.2) is 72.8 Å². The Balaban J connectivity index is 1.69. The summed E-state index contributed by atoms with van der Waals surface area (Å²) in [7, 11) is 4.07. The summed E-state index contributed by atoms with van der Waals surface area (Å²) in [5, 5.41) is 6.36. The minimum Gasteiger partial charge on any atom is -0.462 e. The van der Waals surface area contributed by atoms with E-state index in [-0.39, 0.29) is 18.6 Å². The summed E-state index contributed by atoms with van der Waals surface area (Å²) < 4.78 is 5.10. The first kappa shape index (κ1) is 25.2. The maximum Gasteiger partial charge on any atom is 0.338 e. The Bertz CT molecular complexity index is 1270. The van der Waals surface area contributed by atoms with E-state index >= 15 is 0 Å². The Morgan fingerprint density at radius 2 is 1.75 bits per heavy atom. The van der Waals surface area contributed by atoms with Crippen molar-refractivity contribution in [2.24, 2.45) is 5.73 Å². The normalized spacial score (nSPS) is 14.8. The first-order chi connectivity index (χ1) is 17.4. The Kier molecular flexibility index (Phi) is 7.83. The molecule has 0 spiro atoms. The molecule has 1 heterocycles. The van der Waals surface area contributed by atoms with Crippen LogP contribution in [0.1, 0.15) is 46.4 Å². The number of rotatable bonds is 9. The number of fused-ring (bicyclic) bond motifs is 1. The van der Waals surface area contributed by atoms with E-state index in [1.54, 1.807) is 25.1 Å². The van der Waals surface area contributed by atoms with Crippen LogP contribution < -0.4 is 16.4 Å². The number of anilines is 2. The van der Waals surface area contributed by atoms with Gasteiger partial charge in [-0.05, 0) is 69.4 Å². The molecule has 1 aliphatic heterocycles. The standard InChI is InChI=1S/C29H32N4O3/c1-4-36-29(35)21-12-15-23-25(18-21)32-28(34)26(23)27(20-8-6-5-7-9-20)31-22-13-10-19(11-14-22)24(30)16-17-33(2)3/h5-15,18,24,31H,4,16-17,30H2,1-3H3,(H,32,34)/b27-26-. The molecule has 0 saturated heterocycles. The van der Waals surface area contributed by atoms with Crippen LogP contribution in [0, 0.1) is 0 Å². The van der Waals surface area contributed by atoms with Gasteiger partial charge in [-0.1, -0.05) is 48.5 Å². The summed E-state index contributed by atoms with van der Waals surface area (Å²) in [5.41, 5.74) is 12.0. The zero-order valence-electron chi connectivity index (χ0n) is 20.9. The smallest absolute Gasteiger partial charge is 0.338 e. The maximum atomic E-state index is 13.2. The average Bonchev–Trinajstić information content (AvgIpc) is 3.21. The molecule has 7 heteroatoms. The third kappa shape index (κ3) is 5.64. The predicted octanol–water partition coefficient (Wildman–Crippen LogP) is 4.75. The van der Waals surface area contributed by atoms with Gasteiger partial charge in [-0.2, -0.15) is 0 Å². The minimum absolute atomic E-state index is 0.0468. The number of ether oxygens (including phenoxy) is 1. The number of nitrogens with two attached hydrogens (primary N) is 1. The summed E-state index contributed by atoms with van der Waals surface area (Å²) >= 11 is 0. The lowest BCUT2D eigenvalue weighted by atomic mass is 9.98. The van der Waals surface area contributed by atoms with E-state index in [2.05, 4.69) is 15.5 Å². The largest absolute Gasteiger partial charge is 0.462 e. The number of hydrogen-bond acceptors (Lipinski definition) is 6. The van der Waals surface area contributed by atoms with Crippen LogP contribution in [-0.4, -0.2) is 44.0 Å². The molecule has 4 rings (SSSR count). The van der Waals surface area contributed by atoms with E-state index in [0.29, 0.717) is 22.5 Å². The Labute approximate surface area is 212 Å². The van der Waals surface area contributed by atoms with Gasteiger partial charge in [0.25, 0.3) is 5.91 Å². The second kappa shape index (κ2) is 11.2. The second-order valence-corrected chi connectivity index (χ2v) is 9.00. The van der Waals surface area contributed by atoms with Crippen LogP contribution in [0.2, 0.25) is 0 Å². The van der Waals surface area contributed by atoms with Crippen molar-refractivity contribution in [3.8, 4) is 0 Å². The molecule has 0 radical (unpaired) electrons.